The molecule has 0 spiro atoms. The summed E-state index contributed by atoms with van der Waals surface area (Å²) in [6, 6.07) is 6.51. The molecule has 146 valence electrons. The van der Waals surface area contributed by atoms with E-state index in [2.05, 4.69) is 32.8 Å². The molecule has 28 heavy (non-hydrogen) atoms. The predicted molar refractivity (Wildman–Crippen MR) is 107 cm³/mol. The van der Waals surface area contributed by atoms with Crippen molar-refractivity contribution in [3.05, 3.63) is 30.6 Å². The van der Waals surface area contributed by atoms with Gasteiger partial charge in [-0.3, -0.25) is 4.68 Å². The maximum atomic E-state index is 6.26. The van der Waals surface area contributed by atoms with Crippen LogP contribution in [0.2, 0.25) is 0 Å². The van der Waals surface area contributed by atoms with Crippen LogP contribution < -0.4 is 10.2 Å². The van der Waals surface area contributed by atoms with Gasteiger partial charge in [-0.2, -0.15) is 5.10 Å². The second kappa shape index (κ2) is 5.84. The number of fused-ring (bicyclic) bond motifs is 1. The molecule has 8 heteroatoms. The van der Waals surface area contributed by atoms with Crippen molar-refractivity contribution in [1.29, 1.82) is 0 Å². The van der Waals surface area contributed by atoms with Crippen molar-refractivity contribution in [1.82, 2.24) is 19.6 Å². The van der Waals surface area contributed by atoms with Crippen LogP contribution in [0, 0.1) is 0 Å². The third-order valence-electron chi connectivity index (χ3n) is 6.13. The molecule has 2 fully saturated rings. The fourth-order valence-corrected chi connectivity index (χ4v) is 3.56. The molecule has 0 N–H and O–H groups in total. The lowest BCUT2D eigenvalue weighted by molar-refractivity contribution is 0.00578. The number of hydrogen-bond donors (Lipinski definition) is 0. The molecular formula is C20H25BN4O3. The quantitative estimate of drug-likeness (QED) is 0.652. The molecule has 1 saturated carbocycles. The Hall–Kier alpha value is -2.32. The molecule has 3 heterocycles. The molecule has 2 aliphatic rings. The highest BCUT2D eigenvalue weighted by Gasteiger charge is 2.52. The van der Waals surface area contributed by atoms with Crippen LogP contribution in [0.25, 0.3) is 16.6 Å². The van der Waals surface area contributed by atoms with E-state index in [0.29, 0.717) is 11.9 Å². The monoisotopic (exact) mass is 380 g/mol. The number of nitrogens with zero attached hydrogens (tertiary/aromatic N) is 4. The number of benzene rings is 1. The molecule has 0 amide bonds. The molecule has 0 unspecified atom stereocenters. The van der Waals surface area contributed by atoms with Crippen LogP contribution in [0.3, 0.4) is 0 Å². The predicted octanol–water partition coefficient (Wildman–Crippen LogP) is 2.86. The van der Waals surface area contributed by atoms with Crippen molar-refractivity contribution in [2.24, 2.45) is 0 Å². The number of aromatic nitrogens is 4. The lowest BCUT2D eigenvalue weighted by atomic mass is 9.77. The molecule has 3 aromatic rings. The van der Waals surface area contributed by atoms with E-state index in [9.17, 15) is 0 Å². The summed E-state index contributed by atoms with van der Waals surface area (Å²) in [6.45, 7) is 8.25. The maximum Gasteiger partial charge on any atom is 0.495 e. The van der Waals surface area contributed by atoms with E-state index in [1.54, 1.807) is 7.11 Å². The van der Waals surface area contributed by atoms with Crippen LogP contribution in [-0.2, 0) is 9.31 Å². The van der Waals surface area contributed by atoms with Gasteiger partial charge < -0.3 is 14.0 Å². The van der Waals surface area contributed by atoms with Crippen molar-refractivity contribution in [3.63, 3.8) is 0 Å². The SMILES string of the molecule is COc1nn(C2CC2)cc1-n1cc2c(B3OC(C)(C)C(C)(C)O3)cccc2n1. The van der Waals surface area contributed by atoms with Gasteiger partial charge in [-0.25, -0.2) is 4.68 Å². The lowest BCUT2D eigenvalue weighted by Gasteiger charge is -2.32. The van der Waals surface area contributed by atoms with Gasteiger partial charge in [0, 0.05) is 11.6 Å². The summed E-state index contributed by atoms with van der Waals surface area (Å²) in [4.78, 5) is 0. The van der Waals surface area contributed by atoms with E-state index in [0.717, 1.165) is 34.9 Å². The Bertz CT molecular complexity index is 1040. The molecule has 0 bridgehead atoms. The molecule has 1 saturated heterocycles. The number of methoxy groups -OCH3 is 1. The average Bonchev–Trinajstić information content (AvgIpc) is 3.17. The summed E-state index contributed by atoms with van der Waals surface area (Å²) in [5, 5.41) is 10.3. The van der Waals surface area contributed by atoms with Gasteiger partial charge in [0.25, 0.3) is 5.88 Å². The third-order valence-corrected chi connectivity index (χ3v) is 6.13. The Morgan fingerprint density at radius 2 is 1.79 bits per heavy atom. The summed E-state index contributed by atoms with van der Waals surface area (Å²) >= 11 is 0. The van der Waals surface area contributed by atoms with Crippen molar-refractivity contribution >= 4 is 23.5 Å². The van der Waals surface area contributed by atoms with Crippen LogP contribution in [-0.4, -0.2) is 45.0 Å². The van der Waals surface area contributed by atoms with E-state index in [4.69, 9.17) is 19.1 Å². The van der Waals surface area contributed by atoms with Crippen molar-refractivity contribution in [3.8, 4) is 11.6 Å². The Morgan fingerprint density at radius 1 is 1.07 bits per heavy atom. The van der Waals surface area contributed by atoms with Crippen LogP contribution in [0.4, 0.5) is 0 Å². The molecule has 0 radical (unpaired) electrons. The first-order valence-corrected chi connectivity index (χ1v) is 9.76. The summed E-state index contributed by atoms with van der Waals surface area (Å²) in [7, 11) is 1.21. The third kappa shape index (κ3) is 2.66. The van der Waals surface area contributed by atoms with Gasteiger partial charge in [-0.15, -0.1) is 5.10 Å². The molecule has 1 aliphatic heterocycles. The van der Waals surface area contributed by atoms with Gasteiger partial charge in [0.05, 0.1) is 36.1 Å². The fourth-order valence-electron chi connectivity index (χ4n) is 3.56. The van der Waals surface area contributed by atoms with Crippen molar-refractivity contribution < 1.29 is 14.0 Å². The van der Waals surface area contributed by atoms with Crippen molar-refractivity contribution in [2.45, 2.75) is 57.8 Å². The van der Waals surface area contributed by atoms with E-state index in [1.807, 2.05) is 40.0 Å². The summed E-state index contributed by atoms with van der Waals surface area (Å²) < 4.78 is 21.8. The summed E-state index contributed by atoms with van der Waals surface area (Å²) in [6.07, 6.45) is 6.35. The zero-order valence-electron chi connectivity index (χ0n) is 17.0. The normalized spacial score (nSPS) is 20.8. The minimum Gasteiger partial charge on any atom is -0.478 e. The highest BCUT2D eigenvalue weighted by Crippen LogP contribution is 2.38. The highest BCUT2D eigenvalue weighted by molar-refractivity contribution is 6.65. The van der Waals surface area contributed by atoms with Crippen LogP contribution >= 0.6 is 0 Å². The van der Waals surface area contributed by atoms with Crippen LogP contribution in [0.5, 0.6) is 5.88 Å². The highest BCUT2D eigenvalue weighted by atomic mass is 16.7. The maximum absolute atomic E-state index is 6.26. The molecule has 1 aromatic carbocycles. The van der Waals surface area contributed by atoms with Crippen LogP contribution in [0.15, 0.2) is 30.6 Å². The fraction of sp³-hybridized carbons (Fsp3) is 0.500. The summed E-state index contributed by atoms with van der Waals surface area (Å²) in [5.41, 5.74) is 1.93. The number of ether oxygens (including phenoxy) is 1. The van der Waals surface area contributed by atoms with Gasteiger partial charge in [-0.05, 0) is 52.1 Å². The van der Waals surface area contributed by atoms with Gasteiger partial charge in [-0.1, -0.05) is 12.1 Å². The molecule has 0 atom stereocenters. The number of rotatable bonds is 4. The molecule has 7 nitrogen and oxygen atoms in total. The van der Waals surface area contributed by atoms with E-state index >= 15 is 0 Å². The first-order valence-electron chi connectivity index (χ1n) is 9.76. The topological polar surface area (TPSA) is 63.3 Å². The molecule has 5 rings (SSSR count). The molecular weight excluding hydrogens is 355 g/mol. The second-order valence-corrected chi connectivity index (χ2v) is 8.68. The Morgan fingerprint density at radius 3 is 2.43 bits per heavy atom. The zero-order valence-corrected chi connectivity index (χ0v) is 17.0. The van der Waals surface area contributed by atoms with E-state index < -0.39 is 7.12 Å². The van der Waals surface area contributed by atoms with Crippen molar-refractivity contribution in [2.75, 3.05) is 7.11 Å². The zero-order chi connectivity index (χ0) is 19.7. The van der Waals surface area contributed by atoms with Gasteiger partial charge >= 0.3 is 7.12 Å². The minimum absolute atomic E-state index is 0.384. The Balaban J connectivity index is 1.57. The average molecular weight is 380 g/mol. The minimum atomic E-state index is -0.428. The lowest BCUT2D eigenvalue weighted by Crippen LogP contribution is -2.41. The van der Waals surface area contributed by atoms with Crippen LogP contribution in [0.1, 0.15) is 46.6 Å². The Kier molecular flexibility index (Phi) is 3.71. The Labute approximate surface area is 164 Å². The first-order chi connectivity index (χ1) is 13.3. The summed E-state index contributed by atoms with van der Waals surface area (Å²) in [5.74, 6) is 0.580. The smallest absolute Gasteiger partial charge is 0.478 e. The molecule has 2 aromatic heterocycles. The molecule has 1 aliphatic carbocycles. The largest absolute Gasteiger partial charge is 0.495 e. The van der Waals surface area contributed by atoms with Gasteiger partial charge in [0.1, 0.15) is 5.69 Å². The number of hydrogen-bond acceptors (Lipinski definition) is 5. The standard InChI is InChI=1S/C20H25BN4O3/c1-19(2)20(3,4)28-21(27-19)15-7-6-8-16-14(15)11-25(22-16)17-12-24(13-9-10-13)23-18(17)26-5/h6-8,11-13H,9-10H2,1-5H3. The van der Waals surface area contributed by atoms with E-state index in [-0.39, 0.29) is 11.2 Å². The van der Waals surface area contributed by atoms with Gasteiger partial charge in [0.2, 0.25) is 0 Å². The first kappa shape index (κ1) is 17.8. The van der Waals surface area contributed by atoms with E-state index in [1.165, 1.54) is 0 Å². The van der Waals surface area contributed by atoms with Gasteiger partial charge in [0.15, 0.2) is 0 Å². The second-order valence-electron chi connectivity index (χ2n) is 8.68.